The van der Waals surface area contributed by atoms with Gasteiger partial charge in [0.25, 0.3) is 0 Å². The molecule has 0 bridgehead atoms. The number of thiophene rings is 1. The molecule has 3 nitrogen and oxygen atoms in total. The number of fused-ring (bicyclic) bond motifs is 1. The number of nitrogens with zero attached hydrogens (tertiary/aromatic N) is 1. The SMILES string of the molecule is Cc1cc(C(=O)c2ccc3c(c2)CC(=O)N3C)sc1C. The largest absolute Gasteiger partial charge is 0.315 e. The number of likely N-dealkylation sites (N-methyl/N-ethyl adjacent to an activating group) is 1. The van der Waals surface area contributed by atoms with Crippen LogP contribution in [0.2, 0.25) is 0 Å². The van der Waals surface area contributed by atoms with E-state index in [4.69, 9.17) is 0 Å². The van der Waals surface area contributed by atoms with Crippen molar-refractivity contribution in [2.75, 3.05) is 11.9 Å². The van der Waals surface area contributed by atoms with Gasteiger partial charge in [0.15, 0.2) is 0 Å². The van der Waals surface area contributed by atoms with E-state index in [1.165, 1.54) is 16.2 Å². The smallest absolute Gasteiger partial charge is 0.231 e. The summed E-state index contributed by atoms with van der Waals surface area (Å²) in [5.41, 5.74) is 3.65. The maximum Gasteiger partial charge on any atom is 0.231 e. The van der Waals surface area contributed by atoms with Gasteiger partial charge in [0, 0.05) is 23.2 Å². The Labute approximate surface area is 121 Å². The summed E-state index contributed by atoms with van der Waals surface area (Å²) in [6, 6.07) is 7.46. The predicted octanol–water partition coefficient (Wildman–Crippen LogP) is 3.11. The fraction of sp³-hybridized carbons (Fsp3) is 0.250. The molecule has 0 saturated heterocycles. The van der Waals surface area contributed by atoms with Crippen molar-refractivity contribution in [3.63, 3.8) is 0 Å². The molecule has 0 unspecified atom stereocenters. The molecule has 1 amide bonds. The van der Waals surface area contributed by atoms with Gasteiger partial charge in [-0.3, -0.25) is 9.59 Å². The van der Waals surface area contributed by atoms with E-state index in [1.54, 1.807) is 18.0 Å². The summed E-state index contributed by atoms with van der Waals surface area (Å²) in [6.45, 7) is 4.03. The molecule has 2 heterocycles. The highest BCUT2D eigenvalue weighted by Gasteiger charge is 2.25. The molecular formula is C16H15NO2S. The van der Waals surface area contributed by atoms with Crippen LogP contribution in [0, 0.1) is 13.8 Å². The third kappa shape index (κ3) is 1.96. The molecule has 1 aliphatic rings. The van der Waals surface area contributed by atoms with E-state index in [0.29, 0.717) is 12.0 Å². The zero-order valence-electron chi connectivity index (χ0n) is 11.7. The van der Waals surface area contributed by atoms with Gasteiger partial charge in [-0.25, -0.2) is 0 Å². The number of carbonyl (C=O) groups excluding carboxylic acids is 2. The zero-order chi connectivity index (χ0) is 14.4. The third-order valence-corrected chi connectivity index (χ3v) is 4.96. The van der Waals surface area contributed by atoms with Crippen molar-refractivity contribution in [2.45, 2.75) is 20.3 Å². The minimum absolute atomic E-state index is 0.0380. The minimum Gasteiger partial charge on any atom is -0.315 e. The van der Waals surface area contributed by atoms with Crippen molar-refractivity contribution in [1.82, 2.24) is 0 Å². The Morgan fingerprint density at radius 3 is 2.65 bits per heavy atom. The highest BCUT2D eigenvalue weighted by atomic mass is 32.1. The van der Waals surface area contributed by atoms with E-state index in [9.17, 15) is 9.59 Å². The first-order valence-corrected chi connectivity index (χ1v) is 7.30. The van der Waals surface area contributed by atoms with Gasteiger partial charge in [0.05, 0.1) is 11.3 Å². The first-order valence-electron chi connectivity index (χ1n) is 6.48. The van der Waals surface area contributed by atoms with Crippen LogP contribution in [0.25, 0.3) is 0 Å². The number of aryl methyl sites for hydroxylation is 2. The molecule has 0 radical (unpaired) electrons. The van der Waals surface area contributed by atoms with Crippen LogP contribution in [0.4, 0.5) is 5.69 Å². The summed E-state index contributed by atoms with van der Waals surface area (Å²) >= 11 is 1.52. The summed E-state index contributed by atoms with van der Waals surface area (Å²) < 4.78 is 0. The molecule has 3 rings (SSSR count). The van der Waals surface area contributed by atoms with Gasteiger partial charge in [-0.15, -0.1) is 11.3 Å². The first kappa shape index (κ1) is 13.1. The summed E-state index contributed by atoms with van der Waals surface area (Å²) in [6.07, 6.45) is 0.384. The first-order chi connectivity index (χ1) is 9.47. The second-order valence-corrected chi connectivity index (χ2v) is 6.41. The lowest BCUT2D eigenvalue weighted by Crippen LogP contribution is -2.20. The summed E-state index contributed by atoms with van der Waals surface area (Å²) in [5.74, 6) is 0.114. The van der Waals surface area contributed by atoms with E-state index in [0.717, 1.165) is 21.7 Å². The Morgan fingerprint density at radius 2 is 2.00 bits per heavy atom. The molecule has 0 saturated carbocycles. The Bertz CT molecular complexity index is 711. The fourth-order valence-electron chi connectivity index (χ4n) is 2.44. The lowest BCUT2D eigenvalue weighted by atomic mass is 10.0. The number of hydrogen-bond donors (Lipinski definition) is 0. The lowest BCUT2D eigenvalue weighted by Gasteiger charge is -2.10. The van der Waals surface area contributed by atoms with Crippen molar-refractivity contribution >= 4 is 28.7 Å². The number of carbonyl (C=O) groups is 2. The molecule has 0 N–H and O–H groups in total. The second-order valence-electron chi connectivity index (χ2n) is 5.15. The van der Waals surface area contributed by atoms with E-state index < -0.39 is 0 Å². The summed E-state index contributed by atoms with van der Waals surface area (Å²) in [5, 5.41) is 0. The van der Waals surface area contributed by atoms with Crippen molar-refractivity contribution in [2.24, 2.45) is 0 Å². The standard InChI is InChI=1S/C16H15NO2S/c1-9-6-14(20-10(9)2)16(19)11-4-5-13-12(7-11)8-15(18)17(13)3/h4-7H,8H2,1-3H3. The van der Waals surface area contributed by atoms with Crippen LogP contribution in [0.15, 0.2) is 24.3 Å². The highest BCUT2D eigenvalue weighted by molar-refractivity contribution is 7.14. The van der Waals surface area contributed by atoms with Gasteiger partial charge in [0.1, 0.15) is 0 Å². The maximum absolute atomic E-state index is 12.5. The van der Waals surface area contributed by atoms with Gasteiger partial charge in [-0.05, 0) is 49.2 Å². The molecule has 0 spiro atoms. The molecule has 1 aromatic carbocycles. The molecule has 1 aliphatic heterocycles. The van der Waals surface area contributed by atoms with Crippen LogP contribution >= 0.6 is 11.3 Å². The summed E-state index contributed by atoms with van der Waals surface area (Å²) in [7, 11) is 1.77. The fourth-order valence-corrected chi connectivity index (χ4v) is 3.43. The Balaban J connectivity index is 1.98. The molecule has 1 aromatic heterocycles. The van der Waals surface area contributed by atoms with Crippen LogP contribution in [0.1, 0.15) is 31.2 Å². The number of amides is 1. The number of benzene rings is 1. The van der Waals surface area contributed by atoms with Crippen molar-refractivity contribution < 1.29 is 9.59 Å². The average molecular weight is 285 g/mol. The quantitative estimate of drug-likeness (QED) is 0.795. The molecule has 102 valence electrons. The van der Waals surface area contributed by atoms with Crippen LogP contribution in [-0.2, 0) is 11.2 Å². The van der Waals surface area contributed by atoms with E-state index in [-0.39, 0.29) is 11.7 Å². The van der Waals surface area contributed by atoms with Gasteiger partial charge in [0.2, 0.25) is 11.7 Å². The molecular weight excluding hydrogens is 270 g/mol. The molecule has 0 atom stereocenters. The Kier molecular flexibility index (Phi) is 2.98. The number of anilines is 1. The number of ketones is 1. The van der Waals surface area contributed by atoms with Crippen LogP contribution in [0.3, 0.4) is 0 Å². The molecule has 4 heteroatoms. The number of hydrogen-bond acceptors (Lipinski definition) is 3. The van der Waals surface area contributed by atoms with Gasteiger partial charge in [-0.2, -0.15) is 0 Å². The van der Waals surface area contributed by atoms with E-state index >= 15 is 0 Å². The van der Waals surface area contributed by atoms with Gasteiger partial charge in [-0.1, -0.05) is 0 Å². The predicted molar refractivity (Wildman–Crippen MR) is 80.8 cm³/mol. The normalized spacial score (nSPS) is 13.8. The molecule has 20 heavy (non-hydrogen) atoms. The second kappa shape index (κ2) is 4.56. The Morgan fingerprint density at radius 1 is 1.25 bits per heavy atom. The maximum atomic E-state index is 12.5. The van der Waals surface area contributed by atoms with Crippen molar-refractivity contribution in [1.29, 1.82) is 0 Å². The third-order valence-electron chi connectivity index (χ3n) is 3.81. The molecule has 0 aliphatic carbocycles. The van der Waals surface area contributed by atoms with Crippen LogP contribution in [-0.4, -0.2) is 18.7 Å². The Hall–Kier alpha value is -1.94. The highest BCUT2D eigenvalue weighted by Crippen LogP contribution is 2.30. The zero-order valence-corrected chi connectivity index (χ0v) is 12.5. The van der Waals surface area contributed by atoms with E-state index in [1.807, 2.05) is 32.0 Å². The van der Waals surface area contributed by atoms with Crippen molar-refractivity contribution in [3.8, 4) is 0 Å². The van der Waals surface area contributed by atoms with Gasteiger partial charge < -0.3 is 4.90 Å². The van der Waals surface area contributed by atoms with Crippen LogP contribution in [0.5, 0.6) is 0 Å². The minimum atomic E-state index is 0.0380. The monoisotopic (exact) mass is 285 g/mol. The number of rotatable bonds is 2. The lowest BCUT2D eigenvalue weighted by molar-refractivity contribution is -0.117. The van der Waals surface area contributed by atoms with E-state index in [2.05, 4.69) is 0 Å². The topological polar surface area (TPSA) is 37.4 Å². The molecule has 0 fully saturated rings. The van der Waals surface area contributed by atoms with Crippen molar-refractivity contribution in [3.05, 3.63) is 50.7 Å². The average Bonchev–Trinajstić information content (AvgIpc) is 2.90. The van der Waals surface area contributed by atoms with Crippen LogP contribution < -0.4 is 4.90 Å². The van der Waals surface area contributed by atoms with Gasteiger partial charge >= 0.3 is 0 Å². The summed E-state index contributed by atoms with van der Waals surface area (Å²) in [4.78, 5) is 27.7. The molecule has 2 aromatic rings.